The Labute approximate surface area is 147 Å². The number of nitrogens with zero attached hydrogens (tertiary/aromatic N) is 3. The van der Waals surface area contributed by atoms with Gasteiger partial charge < -0.3 is 10.2 Å². The van der Waals surface area contributed by atoms with Gasteiger partial charge in [0, 0.05) is 19.1 Å². The Bertz CT molecular complexity index is 786. The molecule has 3 rings (SSSR count). The number of hydrogen-bond acceptors (Lipinski definition) is 4. The largest absolute Gasteiger partial charge is 0.354 e. The number of carbonyl (C=O) groups is 1. The van der Waals surface area contributed by atoms with E-state index in [0.717, 1.165) is 19.5 Å². The van der Waals surface area contributed by atoms with Crippen LogP contribution in [0.25, 0.3) is 10.9 Å². The monoisotopic (exact) mass is 342 g/mol. The van der Waals surface area contributed by atoms with Crippen molar-refractivity contribution in [3.63, 3.8) is 0 Å². The van der Waals surface area contributed by atoms with Crippen LogP contribution in [-0.4, -0.2) is 46.0 Å². The first kappa shape index (κ1) is 17.6. The number of carbonyl (C=O) groups excluding carboxylic acids is 1. The van der Waals surface area contributed by atoms with Gasteiger partial charge in [0.25, 0.3) is 5.56 Å². The quantitative estimate of drug-likeness (QED) is 0.813. The molecule has 6 nitrogen and oxygen atoms in total. The molecule has 1 aliphatic rings. The second-order valence-corrected chi connectivity index (χ2v) is 6.78. The summed E-state index contributed by atoms with van der Waals surface area (Å²) in [6, 6.07) is 7.82. The van der Waals surface area contributed by atoms with E-state index in [-0.39, 0.29) is 18.0 Å². The molecule has 1 fully saturated rings. The van der Waals surface area contributed by atoms with Crippen LogP contribution in [0, 0.1) is 0 Å². The lowest BCUT2D eigenvalue weighted by atomic mass is 10.0. The number of para-hydroxylation sites is 1. The maximum absolute atomic E-state index is 12.4. The van der Waals surface area contributed by atoms with Crippen molar-refractivity contribution in [2.45, 2.75) is 45.2 Å². The number of amides is 1. The molecule has 0 spiro atoms. The predicted molar refractivity (Wildman–Crippen MR) is 98.5 cm³/mol. The van der Waals surface area contributed by atoms with Crippen LogP contribution in [-0.2, 0) is 11.3 Å². The van der Waals surface area contributed by atoms with E-state index in [9.17, 15) is 9.59 Å². The first-order valence-corrected chi connectivity index (χ1v) is 9.10. The highest BCUT2D eigenvalue weighted by atomic mass is 16.2. The third-order valence-electron chi connectivity index (χ3n) is 4.93. The van der Waals surface area contributed by atoms with E-state index in [1.165, 1.54) is 30.2 Å². The van der Waals surface area contributed by atoms with Crippen molar-refractivity contribution < 1.29 is 4.79 Å². The van der Waals surface area contributed by atoms with Crippen molar-refractivity contribution in [3.8, 4) is 0 Å². The topological polar surface area (TPSA) is 67.2 Å². The van der Waals surface area contributed by atoms with Gasteiger partial charge in [0.1, 0.15) is 6.54 Å². The molecule has 2 aromatic rings. The van der Waals surface area contributed by atoms with Crippen LogP contribution in [0.5, 0.6) is 0 Å². The molecular weight excluding hydrogens is 316 g/mol. The zero-order valence-electron chi connectivity index (χ0n) is 14.8. The van der Waals surface area contributed by atoms with Gasteiger partial charge in [0.15, 0.2) is 0 Å². The molecule has 6 heteroatoms. The van der Waals surface area contributed by atoms with Crippen molar-refractivity contribution in [3.05, 3.63) is 40.9 Å². The molecular formula is C19H26N4O2. The van der Waals surface area contributed by atoms with E-state index in [1.54, 1.807) is 18.2 Å². The van der Waals surface area contributed by atoms with Crippen LogP contribution in [0.4, 0.5) is 0 Å². The van der Waals surface area contributed by atoms with Gasteiger partial charge >= 0.3 is 0 Å². The number of nitrogens with one attached hydrogen (secondary N) is 1. The molecule has 1 unspecified atom stereocenters. The van der Waals surface area contributed by atoms with Crippen LogP contribution in [0.3, 0.4) is 0 Å². The summed E-state index contributed by atoms with van der Waals surface area (Å²) in [6.45, 7) is 5.09. The number of aromatic nitrogens is 2. The van der Waals surface area contributed by atoms with Crippen molar-refractivity contribution in [1.82, 2.24) is 19.8 Å². The summed E-state index contributed by atoms with van der Waals surface area (Å²) in [4.78, 5) is 31.2. The lowest BCUT2D eigenvalue weighted by Gasteiger charge is -2.33. The Hall–Kier alpha value is -2.21. The van der Waals surface area contributed by atoms with Crippen LogP contribution in [0.1, 0.15) is 32.6 Å². The van der Waals surface area contributed by atoms with Crippen molar-refractivity contribution >= 4 is 16.8 Å². The zero-order chi connectivity index (χ0) is 17.6. The second-order valence-electron chi connectivity index (χ2n) is 6.78. The summed E-state index contributed by atoms with van der Waals surface area (Å²) in [7, 11) is 0. The minimum atomic E-state index is -0.178. The van der Waals surface area contributed by atoms with E-state index < -0.39 is 0 Å². The van der Waals surface area contributed by atoms with Gasteiger partial charge in [-0.05, 0) is 44.9 Å². The summed E-state index contributed by atoms with van der Waals surface area (Å²) in [5.41, 5.74) is 0.475. The summed E-state index contributed by atoms with van der Waals surface area (Å²) < 4.78 is 1.37. The molecule has 2 heterocycles. The SMILES string of the molecule is CC1CCCCN1CCCNC(=O)Cn1cnc2ccccc2c1=O. The molecule has 25 heavy (non-hydrogen) atoms. The molecule has 1 aromatic heterocycles. The number of benzene rings is 1. The minimum absolute atomic E-state index is 0.0107. The van der Waals surface area contributed by atoms with Crippen LogP contribution in [0.2, 0.25) is 0 Å². The van der Waals surface area contributed by atoms with Gasteiger partial charge in [0.05, 0.1) is 17.2 Å². The molecule has 1 amide bonds. The Kier molecular flexibility index (Phi) is 5.81. The molecule has 1 aromatic carbocycles. The van der Waals surface area contributed by atoms with E-state index in [1.807, 2.05) is 6.07 Å². The summed E-state index contributed by atoms with van der Waals surface area (Å²) in [5.74, 6) is -0.147. The lowest BCUT2D eigenvalue weighted by Crippen LogP contribution is -2.39. The highest BCUT2D eigenvalue weighted by molar-refractivity contribution is 5.78. The lowest BCUT2D eigenvalue weighted by molar-refractivity contribution is -0.121. The number of likely N-dealkylation sites (tertiary alicyclic amines) is 1. The van der Waals surface area contributed by atoms with Crippen molar-refractivity contribution in [1.29, 1.82) is 0 Å². The number of rotatable bonds is 6. The summed E-state index contributed by atoms with van der Waals surface area (Å²) >= 11 is 0. The van der Waals surface area contributed by atoms with E-state index in [4.69, 9.17) is 0 Å². The maximum atomic E-state index is 12.4. The first-order chi connectivity index (χ1) is 12.1. The second kappa shape index (κ2) is 8.25. The fourth-order valence-corrected chi connectivity index (χ4v) is 3.43. The molecule has 0 radical (unpaired) electrons. The van der Waals surface area contributed by atoms with Gasteiger partial charge in [0.2, 0.25) is 5.91 Å². The van der Waals surface area contributed by atoms with Gasteiger partial charge in [-0.3, -0.25) is 14.2 Å². The van der Waals surface area contributed by atoms with Gasteiger partial charge in [-0.2, -0.15) is 0 Å². The van der Waals surface area contributed by atoms with Crippen LogP contribution >= 0.6 is 0 Å². The number of piperidine rings is 1. The zero-order valence-corrected chi connectivity index (χ0v) is 14.8. The standard InChI is InChI=1S/C19H26N4O2/c1-15-7-4-5-11-22(15)12-6-10-20-18(24)13-23-14-21-17-9-3-2-8-16(17)19(23)25/h2-3,8-9,14-15H,4-7,10-13H2,1H3,(H,20,24). The molecule has 0 bridgehead atoms. The Balaban J connectivity index is 1.48. The van der Waals surface area contributed by atoms with Crippen LogP contribution in [0.15, 0.2) is 35.4 Å². The van der Waals surface area contributed by atoms with Crippen molar-refractivity contribution in [2.75, 3.05) is 19.6 Å². The van der Waals surface area contributed by atoms with Gasteiger partial charge in [-0.15, -0.1) is 0 Å². The maximum Gasteiger partial charge on any atom is 0.261 e. The van der Waals surface area contributed by atoms with E-state index >= 15 is 0 Å². The predicted octanol–water partition coefficient (Wildman–Crippen LogP) is 1.78. The molecule has 0 saturated carbocycles. The third-order valence-corrected chi connectivity index (χ3v) is 4.93. The Morgan fingerprint density at radius 1 is 1.32 bits per heavy atom. The first-order valence-electron chi connectivity index (χ1n) is 9.10. The van der Waals surface area contributed by atoms with Crippen LogP contribution < -0.4 is 10.9 Å². The summed E-state index contributed by atoms with van der Waals surface area (Å²) in [5, 5.41) is 3.45. The highest BCUT2D eigenvalue weighted by Gasteiger charge is 2.17. The molecule has 1 saturated heterocycles. The number of fused-ring (bicyclic) bond motifs is 1. The fraction of sp³-hybridized carbons (Fsp3) is 0.526. The van der Waals surface area contributed by atoms with Crippen molar-refractivity contribution in [2.24, 2.45) is 0 Å². The van der Waals surface area contributed by atoms with Gasteiger partial charge in [-0.1, -0.05) is 18.6 Å². The molecule has 1 atom stereocenters. The number of hydrogen-bond donors (Lipinski definition) is 1. The molecule has 134 valence electrons. The summed E-state index contributed by atoms with van der Waals surface area (Å²) in [6.07, 6.45) is 6.24. The highest BCUT2D eigenvalue weighted by Crippen LogP contribution is 2.16. The van der Waals surface area contributed by atoms with Gasteiger partial charge in [-0.25, -0.2) is 4.98 Å². The Morgan fingerprint density at radius 3 is 3.00 bits per heavy atom. The van der Waals surface area contributed by atoms with E-state index in [0.29, 0.717) is 23.5 Å². The minimum Gasteiger partial charge on any atom is -0.354 e. The Morgan fingerprint density at radius 2 is 2.16 bits per heavy atom. The average molecular weight is 342 g/mol. The average Bonchev–Trinajstić information content (AvgIpc) is 2.63. The molecule has 0 aliphatic carbocycles. The van der Waals surface area contributed by atoms with E-state index in [2.05, 4.69) is 22.1 Å². The normalized spacial score (nSPS) is 18.4. The third kappa shape index (κ3) is 4.45. The molecule has 1 aliphatic heterocycles. The molecule has 1 N–H and O–H groups in total. The fourth-order valence-electron chi connectivity index (χ4n) is 3.43. The smallest absolute Gasteiger partial charge is 0.261 e.